The summed E-state index contributed by atoms with van der Waals surface area (Å²) in [5, 5.41) is 9.55. The Morgan fingerprint density at radius 3 is 2.32 bits per heavy atom. The molecule has 2 atom stereocenters. The predicted molar refractivity (Wildman–Crippen MR) is 89.0 cm³/mol. The molecule has 0 aliphatic heterocycles. The van der Waals surface area contributed by atoms with Crippen molar-refractivity contribution in [1.82, 2.24) is 0 Å². The molecule has 0 saturated carbocycles. The van der Waals surface area contributed by atoms with Crippen molar-refractivity contribution in [3.63, 3.8) is 0 Å². The molecule has 0 aromatic heterocycles. The van der Waals surface area contributed by atoms with Crippen molar-refractivity contribution in [2.24, 2.45) is 5.92 Å². The van der Waals surface area contributed by atoms with Gasteiger partial charge in [-0.15, -0.1) is 0 Å². The molecule has 0 radical (unpaired) electrons. The van der Waals surface area contributed by atoms with Crippen LogP contribution in [-0.2, 0) is 14.3 Å². The lowest BCUT2D eigenvalue weighted by Crippen LogP contribution is -2.45. The largest absolute Gasteiger partial charge is 0.478 e. The normalized spacial score (nSPS) is 14.7. The van der Waals surface area contributed by atoms with Gasteiger partial charge in [0, 0.05) is 17.7 Å². The van der Waals surface area contributed by atoms with Crippen LogP contribution in [0.4, 0.5) is 0 Å². The number of esters is 1. The minimum absolute atomic E-state index is 0.145. The zero-order valence-electron chi connectivity index (χ0n) is 13.2. The van der Waals surface area contributed by atoms with Crippen LogP contribution in [0.15, 0.2) is 30.3 Å². The summed E-state index contributed by atoms with van der Waals surface area (Å²) >= 11 is 5.45. The predicted octanol–water partition coefficient (Wildman–Crippen LogP) is 3.62. The van der Waals surface area contributed by atoms with Crippen LogP contribution in [0.2, 0.25) is 0 Å². The maximum absolute atomic E-state index is 11.7. The van der Waals surface area contributed by atoms with Crippen LogP contribution in [0.3, 0.4) is 0 Å². The van der Waals surface area contributed by atoms with E-state index in [4.69, 9.17) is 17.0 Å². The number of carboxylic acid groups (broad SMARTS) is 1. The van der Waals surface area contributed by atoms with E-state index in [-0.39, 0.29) is 25.2 Å². The van der Waals surface area contributed by atoms with Crippen LogP contribution in [0, 0.1) is 5.92 Å². The molecule has 120 valence electrons. The Morgan fingerprint density at radius 1 is 1.27 bits per heavy atom. The molecule has 1 aromatic carbocycles. The van der Waals surface area contributed by atoms with Gasteiger partial charge >= 0.3 is 11.9 Å². The smallest absolute Gasteiger partial charge is 0.348 e. The first kappa shape index (κ1) is 18.3. The molecule has 2 unspecified atom stereocenters. The van der Waals surface area contributed by atoms with Crippen LogP contribution < -0.4 is 0 Å². The number of aliphatic carboxylic acids is 1. The summed E-state index contributed by atoms with van der Waals surface area (Å²) < 4.78 is 5.26. The van der Waals surface area contributed by atoms with Gasteiger partial charge in [-0.05, 0) is 17.9 Å². The molecule has 1 N–H and O–H groups in total. The van der Waals surface area contributed by atoms with Crippen LogP contribution in [-0.4, -0.2) is 27.5 Å². The Labute approximate surface area is 136 Å². The molecule has 0 aliphatic carbocycles. The van der Waals surface area contributed by atoms with Crippen molar-refractivity contribution in [2.45, 2.75) is 45.6 Å². The molecule has 0 amide bonds. The number of carboxylic acids is 1. The van der Waals surface area contributed by atoms with E-state index in [1.165, 1.54) is 0 Å². The molecule has 22 heavy (non-hydrogen) atoms. The molecule has 5 heteroatoms. The standard InChI is InChI=1S/C17H22O4S/c1-4-14(18)21-17(5-2,16(19)20)11-12(3)15(22)13-9-7-6-8-10-13/h6-10,12H,4-5,11H2,1-3H3,(H,19,20). The van der Waals surface area contributed by atoms with E-state index in [2.05, 4.69) is 0 Å². The van der Waals surface area contributed by atoms with Gasteiger partial charge in [0.05, 0.1) is 0 Å². The second-order valence-electron chi connectivity index (χ2n) is 5.32. The van der Waals surface area contributed by atoms with Crippen LogP contribution in [0.5, 0.6) is 0 Å². The lowest BCUT2D eigenvalue weighted by atomic mass is 9.85. The quantitative estimate of drug-likeness (QED) is 0.450. The molecule has 1 aromatic rings. The highest BCUT2D eigenvalue weighted by Crippen LogP contribution is 2.28. The highest BCUT2D eigenvalue weighted by Gasteiger charge is 2.42. The Hall–Kier alpha value is -1.75. The van der Waals surface area contributed by atoms with E-state index in [1.54, 1.807) is 13.8 Å². The number of ether oxygens (including phenoxy) is 1. The van der Waals surface area contributed by atoms with E-state index in [9.17, 15) is 14.7 Å². The molecule has 0 spiro atoms. The van der Waals surface area contributed by atoms with Crippen molar-refractivity contribution in [3.05, 3.63) is 35.9 Å². The number of thiocarbonyl (C=S) groups is 1. The van der Waals surface area contributed by atoms with Crippen LogP contribution in [0.1, 0.15) is 45.6 Å². The lowest BCUT2D eigenvalue weighted by molar-refractivity contribution is -0.180. The number of benzene rings is 1. The zero-order valence-corrected chi connectivity index (χ0v) is 14.0. The van der Waals surface area contributed by atoms with Gasteiger partial charge in [-0.2, -0.15) is 0 Å². The summed E-state index contributed by atoms with van der Waals surface area (Å²) in [5.74, 6) is -1.83. The van der Waals surface area contributed by atoms with Gasteiger partial charge in [-0.25, -0.2) is 4.79 Å². The van der Waals surface area contributed by atoms with Crippen molar-refractivity contribution in [3.8, 4) is 0 Å². The second kappa shape index (κ2) is 8.03. The van der Waals surface area contributed by atoms with Crippen molar-refractivity contribution < 1.29 is 19.4 Å². The fourth-order valence-electron chi connectivity index (χ4n) is 2.30. The molecule has 0 aliphatic rings. The average Bonchev–Trinajstić information content (AvgIpc) is 2.53. The second-order valence-corrected chi connectivity index (χ2v) is 5.76. The first-order chi connectivity index (χ1) is 10.4. The molecule has 4 nitrogen and oxygen atoms in total. The maximum atomic E-state index is 11.7. The summed E-state index contributed by atoms with van der Waals surface area (Å²) in [7, 11) is 0. The van der Waals surface area contributed by atoms with Gasteiger partial charge in [0.25, 0.3) is 0 Å². The minimum Gasteiger partial charge on any atom is -0.478 e. The van der Waals surface area contributed by atoms with Gasteiger partial charge in [0.1, 0.15) is 0 Å². The molecule has 0 saturated heterocycles. The third kappa shape index (κ3) is 4.37. The van der Waals surface area contributed by atoms with Crippen LogP contribution in [0.25, 0.3) is 0 Å². The number of rotatable bonds is 8. The van der Waals surface area contributed by atoms with E-state index >= 15 is 0 Å². The maximum Gasteiger partial charge on any atom is 0.348 e. The Balaban J connectivity index is 2.96. The first-order valence-corrected chi connectivity index (χ1v) is 7.81. The van der Waals surface area contributed by atoms with E-state index in [1.807, 2.05) is 37.3 Å². The minimum atomic E-state index is -1.52. The average molecular weight is 322 g/mol. The number of carbonyl (C=O) groups excluding carboxylic acids is 1. The lowest BCUT2D eigenvalue weighted by Gasteiger charge is -2.31. The first-order valence-electron chi connectivity index (χ1n) is 7.40. The van der Waals surface area contributed by atoms with E-state index < -0.39 is 17.5 Å². The summed E-state index contributed by atoms with van der Waals surface area (Å²) in [5.41, 5.74) is -0.632. The van der Waals surface area contributed by atoms with Gasteiger partial charge in [0.2, 0.25) is 5.60 Å². The van der Waals surface area contributed by atoms with Gasteiger partial charge in [-0.1, -0.05) is 63.3 Å². The molecule has 0 heterocycles. The molecule has 0 bridgehead atoms. The Morgan fingerprint density at radius 2 is 1.86 bits per heavy atom. The summed E-state index contributed by atoms with van der Waals surface area (Å²) in [6.45, 7) is 5.21. The Bertz CT molecular complexity index is 541. The fourth-order valence-corrected chi connectivity index (χ4v) is 2.52. The van der Waals surface area contributed by atoms with Gasteiger partial charge in [0.15, 0.2) is 0 Å². The number of carbonyl (C=O) groups is 2. The van der Waals surface area contributed by atoms with Gasteiger partial charge < -0.3 is 9.84 Å². The van der Waals surface area contributed by atoms with Gasteiger partial charge in [-0.3, -0.25) is 4.79 Å². The third-order valence-electron chi connectivity index (χ3n) is 3.70. The summed E-state index contributed by atoms with van der Waals surface area (Å²) in [6, 6.07) is 9.45. The fraction of sp³-hybridized carbons (Fsp3) is 0.471. The van der Waals surface area contributed by atoms with E-state index in [0.29, 0.717) is 4.86 Å². The zero-order chi connectivity index (χ0) is 16.8. The highest BCUT2D eigenvalue weighted by molar-refractivity contribution is 7.80. The molecule has 1 rings (SSSR count). The molecule has 0 fully saturated rings. The number of hydrogen-bond acceptors (Lipinski definition) is 4. The molecular weight excluding hydrogens is 300 g/mol. The van der Waals surface area contributed by atoms with Crippen molar-refractivity contribution >= 4 is 29.0 Å². The van der Waals surface area contributed by atoms with Crippen molar-refractivity contribution in [2.75, 3.05) is 0 Å². The summed E-state index contributed by atoms with van der Waals surface area (Å²) in [4.78, 5) is 23.9. The Kier molecular flexibility index (Phi) is 6.68. The van der Waals surface area contributed by atoms with Crippen LogP contribution >= 0.6 is 12.2 Å². The molecular formula is C17H22O4S. The summed E-state index contributed by atoms with van der Waals surface area (Å²) in [6.07, 6.45) is 0.515. The number of hydrogen-bond donors (Lipinski definition) is 1. The van der Waals surface area contributed by atoms with E-state index in [0.717, 1.165) is 5.56 Å². The van der Waals surface area contributed by atoms with Crippen molar-refractivity contribution in [1.29, 1.82) is 0 Å². The SMILES string of the molecule is CCC(=O)OC(CC)(CC(C)C(=S)c1ccccc1)C(=O)O. The topological polar surface area (TPSA) is 63.6 Å². The monoisotopic (exact) mass is 322 g/mol. The highest BCUT2D eigenvalue weighted by atomic mass is 32.1. The third-order valence-corrected chi connectivity index (χ3v) is 4.34.